The fourth-order valence-corrected chi connectivity index (χ4v) is 3.90. The molecule has 5 nitrogen and oxygen atoms in total. The van der Waals surface area contributed by atoms with Gasteiger partial charge in [-0.15, -0.1) is 5.10 Å². The molecule has 2 aliphatic rings. The van der Waals surface area contributed by atoms with E-state index in [2.05, 4.69) is 15.6 Å². The molecule has 98 valence electrons. The lowest BCUT2D eigenvalue weighted by Gasteiger charge is -2.31. The Balaban J connectivity index is 1.45. The molecule has 6 heteroatoms. The molecular formula is C12H19N5S. The van der Waals surface area contributed by atoms with Crippen LogP contribution in [0, 0.1) is 5.41 Å². The van der Waals surface area contributed by atoms with Gasteiger partial charge in [-0.25, -0.2) is 0 Å². The monoisotopic (exact) mass is 265 g/mol. The Bertz CT molecular complexity index is 408. The molecule has 0 amide bonds. The minimum atomic E-state index is 0.530. The molecule has 0 radical (unpaired) electrons. The maximum Gasteiger partial charge on any atom is 0.156 e. The smallest absolute Gasteiger partial charge is 0.156 e. The number of hydrogen-bond donors (Lipinski definition) is 1. The van der Waals surface area contributed by atoms with Crippen molar-refractivity contribution in [3.8, 4) is 0 Å². The third kappa shape index (κ3) is 2.68. The molecule has 0 aromatic carbocycles. The van der Waals surface area contributed by atoms with Crippen LogP contribution in [0.3, 0.4) is 0 Å². The topological polar surface area (TPSA) is 55.1 Å². The van der Waals surface area contributed by atoms with E-state index in [0.717, 1.165) is 24.8 Å². The molecular weight excluding hydrogens is 246 g/mol. The highest BCUT2D eigenvalue weighted by atomic mass is 32.2. The van der Waals surface area contributed by atoms with Crippen LogP contribution in [0.5, 0.6) is 0 Å². The second-order valence-corrected chi connectivity index (χ2v) is 6.17. The number of hydrogen-bond acceptors (Lipinski definition) is 5. The molecule has 1 fully saturated rings. The summed E-state index contributed by atoms with van der Waals surface area (Å²) in [6.07, 6.45) is 9.11. The van der Waals surface area contributed by atoms with Crippen LogP contribution in [0.4, 0.5) is 0 Å². The summed E-state index contributed by atoms with van der Waals surface area (Å²) < 4.78 is 1.83. The van der Waals surface area contributed by atoms with Gasteiger partial charge in [0.05, 0.1) is 12.7 Å². The van der Waals surface area contributed by atoms with E-state index in [9.17, 15) is 0 Å². The van der Waals surface area contributed by atoms with E-state index < -0.39 is 0 Å². The first kappa shape index (κ1) is 12.0. The molecule has 1 spiro atoms. The molecule has 3 rings (SSSR count). The molecule has 18 heavy (non-hydrogen) atoms. The highest BCUT2D eigenvalue weighted by molar-refractivity contribution is 8.13. The van der Waals surface area contributed by atoms with Crippen LogP contribution < -0.4 is 5.32 Å². The average Bonchev–Trinajstić information content (AvgIpc) is 3.04. The molecule has 1 aromatic heterocycles. The van der Waals surface area contributed by atoms with Crippen LogP contribution in [0.25, 0.3) is 0 Å². The molecule has 0 unspecified atom stereocenters. The van der Waals surface area contributed by atoms with E-state index in [1.54, 1.807) is 6.20 Å². The second kappa shape index (κ2) is 5.30. The first-order valence-electron chi connectivity index (χ1n) is 6.62. The van der Waals surface area contributed by atoms with Gasteiger partial charge in [-0.2, -0.15) is 0 Å². The number of aliphatic imine (C=N–C) groups is 1. The highest BCUT2D eigenvalue weighted by Crippen LogP contribution is 2.43. The van der Waals surface area contributed by atoms with Crippen molar-refractivity contribution in [3.63, 3.8) is 0 Å². The molecule has 1 aliphatic heterocycles. The molecule has 0 saturated heterocycles. The number of thioether (sulfide) groups is 1. The van der Waals surface area contributed by atoms with Gasteiger partial charge >= 0.3 is 0 Å². The Morgan fingerprint density at radius 3 is 2.94 bits per heavy atom. The molecule has 1 aromatic rings. The summed E-state index contributed by atoms with van der Waals surface area (Å²) in [5.41, 5.74) is 0.530. The Morgan fingerprint density at radius 1 is 1.39 bits per heavy atom. The summed E-state index contributed by atoms with van der Waals surface area (Å²) in [7, 11) is 0. The van der Waals surface area contributed by atoms with Crippen molar-refractivity contribution in [1.82, 2.24) is 20.3 Å². The summed E-state index contributed by atoms with van der Waals surface area (Å²) >= 11 is 1.89. The highest BCUT2D eigenvalue weighted by Gasteiger charge is 2.36. The van der Waals surface area contributed by atoms with Crippen molar-refractivity contribution < 1.29 is 0 Å². The zero-order valence-electron chi connectivity index (χ0n) is 10.5. The van der Waals surface area contributed by atoms with Crippen LogP contribution in [-0.4, -0.2) is 39.0 Å². The number of nitrogens with zero attached hydrogens (tertiary/aromatic N) is 4. The van der Waals surface area contributed by atoms with Gasteiger partial charge in [0.25, 0.3) is 0 Å². The molecule has 2 heterocycles. The summed E-state index contributed by atoms with van der Waals surface area (Å²) in [6, 6.07) is 0. The van der Waals surface area contributed by atoms with Crippen LogP contribution >= 0.6 is 11.8 Å². The Kier molecular flexibility index (Phi) is 3.54. The number of amidine groups is 1. The maximum absolute atomic E-state index is 4.71. The Labute approximate surface area is 111 Å². The first-order chi connectivity index (χ1) is 8.86. The summed E-state index contributed by atoms with van der Waals surface area (Å²) in [4.78, 5) is 4.71. The summed E-state index contributed by atoms with van der Waals surface area (Å²) in [5, 5.41) is 12.2. The summed E-state index contributed by atoms with van der Waals surface area (Å²) in [5.74, 6) is 1.24. The van der Waals surface area contributed by atoms with Crippen molar-refractivity contribution >= 4 is 16.9 Å². The van der Waals surface area contributed by atoms with Gasteiger partial charge in [-0.3, -0.25) is 9.67 Å². The van der Waals surface area contributed by atoms with Crippen molar-refractivity contribution in [3.05, 3.63) is 12.4 Å². The van der Waals surface area contributed by atoms with E-state index in [1.807, 2.05) is 22.6 Å². The van der Waals surface area contributed by atoms with Crippen LogP contribution in [0.2, 0.25) is 0 Å². The lowest BCUT2D eigenvalue weighted by atomic mass is 9.89. The normalized spacial score (nSPS) is 22.1. The molecule has 0 bridgehead atoms. The molecule has 0 atom stereocenters. The van der Waals surface area contributed by atoms with Gasteiger partial charge in [0, 0.05) is 25.0 Å². The second-order valence-electron chi connectivity index (χ2n) is 5.21. The predicted octanol–water partition coefficient (Wildman–Crippen LogP) is 1.53. The average molecular weight is 265 g/mol. The van der Waals surface area contributed by atoms with Gasteiger partial charge < -0.3 is 5.32 Å². The predicted molar refractivity (Wildman–Crippen MR) is 73.7 cm³/mol. The number of rotatable bonds is 3. The summed E-state index contributed by atoms with van der Waals surface area (Å²) in [6.45, 7) is 2.72. The lowest BCUT2D eigenvalue weighted by molar-refractivity contribution is 0.358. The van der Waals surface area contributed by atoms with Crippen LogP contribution in [-0.2, 0) is 6.54 Å². The standard InChI is InChI=1S/C12H19N5S/c1-2-4-12(3-1)9-14-11(18-10-12)13-5-7-17-8-6-15-16-17/h6,8H,1-5,7,9-10H2,(H,13,14). The van der Waals surface area contributed by atoms with Gasteiger partial charge in [0.15, 0.2) is 5.17 Å². The molecule has 1 aliphatic carbocycles. The van der Waals surface area contributed by atoms with E-state index in [0.29, 0.717) is 5.41 Å². The van der Waals surface area contributed by atoms with E-state index in [-0.39, 0.29) is 0 Å². The quantitative estimate of drug-likeness (QED) is 0.900. The lowest BCUT2D eigenvalue weighted by Crippen LogP contribution is -2.34. The zero-order valence-corrected chi connectivity index (χ0v) is 11.3. The van der Waals surface area contributed by atoms with Crippen molar-refractivity contribution in [2.45, 2.75) is 32.2 Å². The number of nitrogens with one attached hydrogen (secondary N) is 1. The van der Waals surface area contributed by atoms with Gasteiger partial charge in [-0.1, -0.05) is 29.8 Å². The largest absolute Gasteiger partial charge is 0.363 e. The van der Waals surface area contributed by atoms with Gasteiger partial charge in [0.1, 0.15) is 0 Å². The third-order valence-electron chi connectivity index (χ3n) is 3.83. The minimum absolute atomic E-state index is 0.530. The van der Waals surface area contributed by atoms with Gasteiger partial charge in [-0.05, 0) is 18.3 Å². The fraction of sp³-hybridized carbons (Fsp3) is 0.750. The van der Waals surface area contributed by atoms with E-state index in [4.69, 9.17) is 4.99 Å². The van der Waals surface area contributed by atoms with E-state index in [1.165, 1.54) is 31.4 Å². The van der Waals surface area contributed by atoms with Crippen molar-refractivity contribution in [1.29, 1.82) is 0 Å². The zero-order chi connectivity index (χ0) is 12.3. The third-order valence-corrected chi connectivity index (χ3v) is 5.13. The van der Waals surface area contributed by atoms with E-state index >= 15 is 0 Å². The minimum Gasteiger partial charge on any atom is -0.363 e. The number of aromatic nitrogens is 3. The SMILES string of the molecule is c1cn(CCNC2=NCC3(CCCC3)CS2)nn1. The molecule has 1 saturated carbocycles. The Morgan fingerprint density at radius 2 is 2.28 bits per heavy atom. The van der Waals surface area contributed by atoms with Gasteiger partial charge in [0.2, 0.25) is 0 Å². The van der Waals surface area contributed by atoms with Crippen molar-refractivity contribution in [2.24, 2.45) is 10.4 Å². The fourth-order valence-electron chi connectivity index (χ4n) is 2.72. The molecule has 1 N–H and O–H groups in total. The van der Waals surface area contributed by atoms with Crippen LogP contribution in [0.1, 0.15) is 25.7 Å². The Hall–Kier alpha value is -1.04. The van der Waals surface area contributed by atoms with Crippen molar-refractivity contribution in [2.75, 3.05) is 18.8 Å². The maximum atomic E-state index is 4.71. The first-order valence-corrected chi connectivity index (χ1v) is 7.60. The van der Waals surface area contributed by atoms with Crippen LogP contribution in [0.15, 0.2) is 17.4 Å².